The van der Waals surface area contributed by atoms with Gasteiger partial charge in [0.1, 0.15) is 5.75 Å². The highest BCUT2D eigenvalue weighted by Crippen LogP contribution is 2.25. The molecule has 2 aromatic rings. The van der Waals surface area contributed by atoms with Gasteiger partial charge >= 0.3 is 0 Å². The predicted octanol–water partition coefficient (Wildman–Crippen LogP) is 1.65. The first kappa shape index (κ1) is 16.4. The Hall–Kier alpha value is -1.97. The Morgan fingerprint density at radius 1 is 1.36 bits per heavy atom. The van der Waals surface area contributed by atoms with Crippen molar-refractivity contribution in [2.24, 2.45) is 0 Å². The molecule has 0 aliphatic carbocycles. The highest BCUT2D eigenvalue weighted by molar-refractivity contribution is 7.89. The van der Waals surface area contributed by atoms with Crippen LogP contribution in [0.4, 0.5) is 5.13 Å². The van der Waals surface area contributed by atoms with Crippen LogP contribution in [0.3, 0.4) is 0 Å². The number of carbonyl (C=O) groups is 1. The average molecular weight is 341 g/mol. The molecule has 1 heterocycles. The van der Waals surface area contributed by atoms with Gasteiger partial charge in [-0.2, -0.15) is 0 Å². The molecule has 0 radical (unpaired) electrons. The topological polar surface area (TPSA) is 88.6 Å². The van der Waals surface area contributed by atoms with E-state index in [-0.39, 0.29) is 16.2 Å². The zero-order valence-corrected chi connectivity index (χ0v) is 13.9. The van der Waals surface area contributed by atoms with Gasteiger partial charge in [-0.15, -0.1) is 11.3 Å². The van der Waals surface area contributed by atoms with Crippen LogP contribution in [-0.2, 0) is 10.0 Å². The molecule has 1 aromatic carbocycles. The number of anilines is 1. The summed E-state index contributed by atoms with van der Waals surface area (Å²) in [5, 5.41) is 4.75. The highest BCUT2D eigenvalue weighted by atomic mass is 32.2. The number of aromatic nitrogens is 1. The molecule has 0 aliphatic heterocycles. The third-order valence-electron chi connectivity index (χ3n) is 2.85. The SMILES string of the molecule is COc1ccc(S(=O)(=O)N(C)C)cc1C(=O)Nc1nccs1. The maximum absolute atomic E-state index is 12.3. The lowest BCUT2D eigenvalue weighted by atomic mass is 10.2. The van der Waals surface area contributed by atoms with Crippen molar-refractivity contribution in [3.8, 4) is 5.75 Å². The van der Waals surface area contributed by atoms with Crippen molar-refractivity contribution in [3.05, 3.63) is 35.3 Å². The number of nitrogens with zero attached hydrogens (tertiary/aromatic N) is 2. The fourth-order valence-electron chi connectivity index (χ4n) is 1.69. The fourth-order valence-corrected chi connectivity index (χ4v) is 3.14. The van der Waals surface area contributed by atoms with Crippen LogP contribution < -0.4 is 10.1 Å². The van der Waals surface area contributed by atoms with Gasteiger partial charge in [0.25, 0.3) is 5.91 Å². The van der Waals surface area contributed by atoms with E-state index < -0.39 is 15.9 Å². The number of hydrogen-bond acceptors (Lipinski definition) is 6. The molecule has 0 bridgehead atoms. The summed E-state index contributed by atoms with van der Waals surface area (Å²) in [6.45, 7) is 0. The molecule has 7 nitrogen and oxygen atoms in total. The number of amides is 1. The first-order chi connectivity index (χ1) is 10.4. The second-order valence-electron chi connectivity index (χ2n) is 4.44. The second-order valence-corrected chi connectivity index (χ2v) is 7.49. The average Bonchev–Trinajstić information content (AvgIpc) is 2.99. The Morgan fingerprint density at radius 3 is 2.64 bits per heavy atom. The number of nitrogens with one attached hydrogen (secondary N) is 1. The van der Waals surface area contributed by atoms with E-state index in [2.05, 4.69) is 10.3 Å². The van der Waals surface area contributed by atoms with Crippen molar-refractivity contribution < 1.29 is 17.9 Å². The highest BCUT2D eigenvalue weighted by Gasteiger charge is 2.22. The number of benzene rings is 1. The molecule has 1 aromatic heterocycles. The van der Waals surface area contributed by atoms with Crippen molar-refractivity contribution in [3.63, 3.8) is 0 Å². The van der Waals surface area contributed by atoms with Crippen molar-refractivity contribution in [1.29, 1.82) is 0 Å². The molecule has 2 rings (SSSR count). The van der Waals surface area contributed by atoms with Crippen LogP contribution in [0.25, 0.3) is 0 Å². The molecule has 22 heavy (non-hydrogen) atoms. The molecule has 0 atom stereocenters. The normalized spacial score (nSPS) is 11.5. The maximum atomic E-state index is 12.3. The van der Waals surface area contributed by atoms with Gasteiger partial charge in [-0.3, -0.25) is 10.1 Å². The minimum Gasteiger partial charge on any atom is -0.496 e. The van der Waals surface area contributed by atoms with Crippen LogP contribution in [0.2, 0.25) is 0 Å². The third kappa shape index (κ3) is 3.26. The monoisotopic (exact) mass is 341 g/mol. The smallest absolute Gasteiger partial charge is 0.261 e. The Labute approximate surface area is 132 Å². The molecule has 0 saturated heterocycles. The minimum absolute atomic E-state index is 0.0163. The molecular formula is C13H15N3O4S2. The van der Waals surface area contributed by atoms with Gasteiger partial charge in [-0.05, 0) is 18.2 Å². The van der Waals surface area contributed by atoms with Crippen LogP contribution in [-0.4, -0.2) is 44.8 Å². The maximum Gasteiger partial charge on any atom is 0.261 e. The van der Waals surface area contributed by atoms with Gasteiger partial charge in [-0.25, -0.2) is 17.7 Å². The molecule has 1 amide bonds. The molecule has 1 N–H and O–H groups in total. The van der Waals surface area contributed by atoms with Crippen molar-refractivity contribution in [1.82, 2.24) is 9.29 Å². The summed E-state index contributed by atoms with van der Waals surface area (Å²) in [7, 11) is 0.628. The van der Waals surface area contributed by atoms with E-state index in [1.165, 1.54) is 50.7 Å². The molecular weight excluding hydrogens is 326 g/mol. The molecule has 0 fully saturated rings. The predicted molar refractivity (Wildman–Crippen MR) is 83.9 cm³/mol. The van der Waals surface area contributed by atoms with Crippen molar-refractivity contribution >= 4 is 32.4 Å². The molecule has 0 saturated carbocycles. The van der Waals surface area contributed by atoms with Gasteiger partial charge in [-0.1, -0.05) is 0 Å². The summed E-state index contributed by atoms with van der Waals surface area (Å²) in [5.41, 5.74) is 0.126. The quantitative estimate of drug-likeness (QED) is 0.893. The summed E-state index contributed by atoms with van der Waals surface area (Å²) >= 11 is 1.26. The number of carbonyl (C=O) groups excluding carboxylic acids is 1. The molecule has 118 valence electrons. The Balaban J connectivity index is 2.43. The molecule has 0 aliphatic rings. The van der Waals surface area contributed by atoms with E-state index in [1.54, 1.807) is 11.6 Å². The Morgan fingerprint density at radius 2 is 2.09 bits per heavy atom. The Bertz CT molecular complexity index is 771. The lowest BCUT2D eigenvalue weighted by molar-refractivity contribution is 0.102. The first-order valence-corrected chi connectivity index (χ1v) is 8.49. The van der Waals surface area contributed by atoms with Crippen LogP contribution >= 0.6 is 11.3 Å². The zero-order valence-electron chi connectivity index (χ0n) is 12.2. The molecule has 0 spiro atoms. The van der Waals surface area contributed by atoms with Crippen LogP contribution in [0, 0.1) is 0 Å². The molecule has 9 heteroatoms. The van der Waals surface area contributed by atoms with Gasteiger partial charge in [0.2, 0.25) is 10.0 Å². The largest absolute Gasteiger partial charge is 0.496 e. The summed E-state index contributed by atoms with van der Waals surface area (Å²) in [4.78, 5) is 16.3. The number of sulfonamides is 1. The van der Waals surface area contributed by atoms with Crippen molar-refractivity contribution in [2.75, 3.05) is 26.5 Å². The standard InChI is InChI=1S/C13H15N3O4S2/c1-16(2)22(18,19)9-4-5-11(20-3)10(8-9)12(17)15-13-14-6-7-21-13/h4-8H,1-3H3,(H,14,15,17). The van der Waals surface area contributed by atoms with E-state index in [0.717, 1.165) is 4.31 Å². The lowest BCUT2D eigenvalue weighted by Crippen LogP contribution is -2.23. The van der Waals surface area contributed by atoms with Crippen molar-refractivity contribution in [2.45, 2.75) is 4.90 Å². The van der Waals surface area contributed by atoms with E-state index >= 15 is 0 Å². The summed E-state index contributed by atoms with van der Waals surface area (Å²) < 4.78 is 30.5. The van der Waals surface area contributed by atoms with Gasteiger partial charge in [0.05, 0.1) is 17.6 Å². The Kier molecular flexibility index (Phi) is 4.79. The lowest BCUT2D eigenvalue weighted by Gasteiger charge is -2.14. The third-order valence-corrected chi connectivity index (χ3v) is 5.35. The van der Waals surface area contributed by atoms with Crippen LogP contribution in [0.1, 0.15) is 10.4 Å². The van der Waals surface area contributed by atoms with Crippen LogP contribution in [0.15, 0.2) is 34.7 Å². The number of methoxy groups -OCH3 is 1. The number of thiazole rings is 1. The first-order valence-electron chi connectivity index (χ1n) is 6.17. The van der Waals surface area contributed by atoms with Gasteiger partial charge in [0.15, 0.2) is 5.13 Å². The van der Waals surface area contributed by atoms with Gasteiger partial charge in [0, 0.05) is 25.7 Å². The number of ether oxygens (including phenoxy) is 1. The molecule has 0 unspecified atom stereocenters. The van der Waals surface area contributed by atoms with Gasteiger partial charge < -0.3 is 4.74 Å². The minimum atomic E-state index is -3.64. The summed E-state index contributed by atoms with van der Waals surface area (Å²) in [5.74, 6) is -0.200. The summed E-state index contributed by atoms with van der Waals surface area (Å²) in [6, 6.07) is 4.14. The van der Waals surface area contributed by atoms with E-state index in [4.69, 9.17) is 4.74 Å². The van der Waals surface area contributed by atoms with Crippen LogP contribution in [0.5, 0.6) is 5.75 Å². The van der Waals surface area contributed by atoms with E-state index in [0.29, 0.717) is 5.13 Å². The van der Waals surface area contributed by atoms with E-state index in [9.17, 15) is 13.2 Å². The fraction of sp³-hybridized carbons (Fsp3) is 0.231. The zero-order chi connectivity index (χ0) is 16.3. The summed E-state index contributed by atoms with van der Waals surface area (Å²) in [6.07, 6.45) is 1.56. The second kappa shape index (κ2) is 6.42. The number of rotatable bonds is 5. The number of hydrogen-bond donors (Lipinski definition) is 1. The van der Waals surface area contributed by atoms with E-state index in [1.807, 2.05) is 0 Å².